The molecule has 3 atom stereocenters. The van der Waals surface area contributed by atoms with Gasteiger partial charge in [0.15, 0.2) is 0 Å². The number of methoxy groups -OCH3 is 1. The van der Waals surface area contributed by atoms with Gasteiger partial charge in [-0.2, -0.15) is 0 Å². The molecule has 1 saturated carbocycles. The average molecular weight is 265 g/mol. The zero-order valence-corrected chi connectivity index (χ0v) is 12.1. The molecule has 106 valence electrons. The minimum absolute atomic E-state index is 0.0115. The lowest BCUT2D eigenvalue weighted by Gasteiger charge is -2.20. The molecular weight excluding hydrogens is 242 g/mol. The molecule has 1 fully saturated rings. The van der Waals surface area contributed by atoms with Gasteiger partial charge in [0.25, 0.3) is 5.56 Å². The Balaban J connectivity index is 2.09. The maximum absolute atomic E-state index is 12.0. The fourth-order valence-corrected chi connectivity index (χ4v) is 2.99. The first-order chi connectivity index (χ1) is 9.01. The van der Waals surface area contributed by atoms with E-state index in [1.54, 1.807) is 14.0 Å². The molecule has 0 saturated heterocycles. The molecule has 0 spiro atoms. The van der Waals surface area contributed by atoms with E-state index < -0.39 is 0 Å². The fraction of sp³-hybridized carbons (Fsp3) is 0.714. The monoisotopic (exact) mass is 265 g/mol. The Hall–Kier alpha value is -1.20. The summed E-state index contributed by atoms with van der Waals surface area (Å²) in [5.41, 5.74) is 1.51. The van der Waals surface area contributed by atoms with Crippen LogP contribution in [-0.4, -0.2) is 29.2 Å². The van der Waals surface area contributed by atoms with Crippen LogP contribution >= 0.6 is 0 Å². The van der Waals surface area contributed by atoms with Crippen LogP contribution in [0.4, 0.5) is 0 Å². The van der Waals surface area contributed by atoms with Crippen LogP contribution in [-0.2, 0) is 4.74 Å². The lowest BCUT2D eigenvalue weighted by molar-refractivity contribution is 0.106. The fourth-order valence-electron chi connectivity index (χ4n) is 2.99. The number of aromatic nitrogens is 2. The van der Waals surface area contributed by atoms with Crippen LogP contribution in [0.25, 0.3) is 0 Å². The van der Waals surface area contributed by atoms with Crippen LogP contribution in [0, 0.1) is 13.8 Å². The number of H-pyrrole nitrogens is 1. The largest absolute Gasteiger partial charge is 0.381 e. The predicted octanol–water partition coefficient (Wildman–Crippen LogP) is 1.60. The molecule has 5 nitrogen and oxygen atoms in total. The van der Waals surface area contributed by atoms with Gasteiger partial charge < -0.3 is 15.0 Å². The molecule has 0 radical (unpaired) electrons. The molecule has 3 unspecified atom stereocenters. The van der Waals surface area contributed by atoms with Crippen LogP contribution < -0.4 is 10.9 Å². The van der Waals surface area contributed by atoms with Gasteiger partial charge in [0, 0.05) is 24.9 Å². The minimum atomic E-state index is -0.0358. The van der Waals surface area contributed by atoms with Crippen molar-refractivity contribution in [2.45, 2.75) is 58.2 Å². The first kappa shape index (κ1) is 14.2. The molecule has 2 N–H and O–H groups in total. The molecule has 1 heterocycles. The highest BCUT2D eigenvalue weighted by Crippen LogP contribution is 2.24. The van der Waals surface area contributed by atoms with Gasteiger partial charge in [0.05, 0.1) is 11.7 Å². The summed E-state index contributed by atoms with van der Waals surface area (Å²) < 4.78 is 5.37. The van der Waals surface area contributed by atoms with Gasteiger partial charge in [0.1, 0.15) is 5.82 Å². The molecule has 0 amide bonds. The van der Waals surface area contributed by atoms with Crippen molar-refractivity contribution in [3.05, 3.63) is 27.4 Å². The number of hydrogen-bond acceptors (Lipinski definition) is 4. The summed E-state index contributed by atoms with van der Waals surface area (Å²) in [4.78, 5) is 19.2. The Morgan fingerprint density at radius 1 is 1.42 bits per heavy atom. The Morgan fingerprint density at radius 2 is 2.16 bits per heavy atom. The van der Waals surface area contributed by atoms with E-state index in [4.69, 9.17) is 4.74 Å². The van der Waals surface area contributed by atoms with Gasteiger partial charge in [-0.05, 0) is 40.0 Å². The topological polar surface area (TPSA) is 67.0 Å². The van der Waals surface area contributed by atoms with Crippen molar-refractivity contribution in [1.82, 2.24) is 15.3 Å². The van der Waals surface area contributed by atoms with Crippen LogP contribution in [0.1, 0.15) is 49.3 Å². The molecule has 0 aromatic carbocycles. The van der Waals surface area contributed by atoms with Crippen molar-refractivity contribution in [2.75, 3.05) is 7.11 Å². The Morgan fingerprint density at radius 3 is 2.74 bits per heavy atom. The van der Waals surface area contributed by atoms with Gasteiger partial charge in [-0.25, -0.2) is 4.98 Å². The molecule has 1 aromatic heterocycles. The summed E-state index contributed by atoms with van der Waals surface area (Å²) in [5.74, 6) is 0.666. The van der Waals surface area contributed by atoms with Gasteiger partial charge in [-0.1, -0.05) is 0 Å². The molecule has 2 rings (SSSR count). The van der Waals surface area contributed by atoms with Crippen molar-refractivity contribution in [3.63, 3.8) is 0 Å². The van der Waals surface area contributed by atoms with E-state index in [0.29, 0.717) is 18.0 Å². The van der Waals surface area contributed by atoms with Crippen LogP contribution in [0.3, 0.4) is 0 Å². The molecule has 0 bridgehead atoms. The van der Waals surface area contributed by atoms with E-state index in [-0.39, 0.29) is 11.6 Å². The highest BCUT2D eigenvalue weighted by Gasteiger charge is 2.26. The smallest absolute Gasteiger partial charge is 0.255 e. The van der Waals surface area contributed by atoms with Gasteiger partial charge in [-0.3, -0.25) is 4.79 Å². The van der Waals surface area contributed by atoms with Crippen LogP contribution in [0.5, 0.6) is 0 Å². The van der Waals surface area contributed by atoms with Crippen molar-refractivity contribution < 1.29 is 4.74 Å². The van der Waals surface area contributed by atoms with Crippen molar-refractivity contribution in [1.29, 1.82) is 0 Å². The summed E-state index contributed by atoms with van der Waals surface area (Å²) >= 11 is 0. The van der Waals surface area contributed by atoms with E-state index in [0.717, 1.165) is 30.5 Å². The minimum Gasteiger partial charge on any atom is -0.381 e. The van der Waals surface area contributed by atoms with Crippen molar-refractivity contribution in [3.8, 4) is 0 Å². The molecule has 0 aliphatic heterocycles. The highest BCUT2D eigenvalue weighted by molar-refractivity contribution is 5.20. The molecule has 19 heavy (non-hydrogen) atoms. The van der Waals surface area contributed by atoms with E-state index in [9.17, 15) is 4.79 Å². The highest BCUT2D eigenvalue weighted by atomic mass is 16.5. The Kier molecular flexibility index (Phi) is 4.37. The number of rotatable bonds is 4. The van der Waals surface area contributed by atoms with Crippen molar-refractivity contribution in [2.24, 2.45) is 0 Å². The van der Waals surface area contributed by atoms with Crippen LogP contribution in [0.15, 0.2) is 4.79 Å². The second-order valence-corrected chi connectivity index (χ2v) is 5.41. The molecular formula is C14H23N3O2. The van der Waals surface area contributed by atoms with E-state index >= 15 is 0 Å². The number of hydrogen-bond donors (Lipinski definition) is 2. The zero-order chi connectivity index (χ0) is 14.0. The van der Waals surface area contributed by atoms with E-state index in [2.05, 4.69) is 15.3 Å². The number of aryl methyl sites for hydroxylation is 2. The lowest BCUT2D eigenvalue weighted by Crippen LogP contribution is -2.34. The van der Waals surface area contributed by atoms with E-state index in [1.165, 1.54) is 0 Å². The summed E-state index contributed by atoms with van der Waals surface area (Å²) in [7, 11) is 1.76. The summed E-state index contributed by atoms with van der Waals surface area (Å²) in [6, 6.07) is 0.428. The van der Waals surface area contributed by atoms with Gasteiger partial charge >= 0.3 is 0 Å². The SMILES string of the molecule is COC1CCC(NC(C)c2c(C)nc(C)[nH]c2=O)C1. The normalized spacial score (nSPS) is 24.6. The Labute approximate surface area is 113 Å². The quantitative estimate of drug-likeness (QED) is 0.868. The number of ether oxygens (including phenoxy) is 1. The van der Waals surface area contributed by atoms with Gasteiger partial charge in [-0.15, -0.1) is 0 Å². The third-order valence-corrected chi connectivity index (χ3v) is 3.90. The van der Waals surface area contributed by atoms with Crippen molar-refractivity contribution >= 4 is 0 Å². The second-order valence-electron chi connectivity index (χ2n) is 5.41. The molecule has 1 aliphatic carbocycles. The summed E-state index contributed by atoms with van der Waals surface area (Å²) in [6.45, 7) is 5.72. The molecule has 1 aromatic rings. The summed E-state index contributed by atoms with van der Waals surface area (Å²) in [6.07, 6.45) is 3.54. The second kappa shape index (κ2) is 5.84. The molecule has 5 heteroatoms. The predicted molar refractivity (Wildman–Crippen MR) is 74.3 cm³/mol. The zero-order valence-electron chi connectivity index (χ0n) is 12.1. The third kappa shape index (κ3) is 3.22. The third-order valence-electron chi connectivity index (χ3n) is 3.90. The Bertz CT molecular complexity index is 498. The first-order valence-electron chi connectivity index (χ1n) is 6.87. The molecule has 1 aliphatic rings. The number of nitrogens with zero attached hydrogens (tertiary/aromatic N) is 1. The van der Waals surface area contributed by atoms with Crippen LogP contribution in [0.2, 0.25) is 0 Å². The summed E-state index contributed by atoms with van der Waals surface area (Å²) in [5, 5.41) is 3.52. The van der Waals surface area contributed by atoms with Gasteiger partial charge in [0.2, 0.25) is 0 Å². The first-order valence-corrected chi connectivity index (χ1v) is 6.87. The lowest BCUT2D eigenvalue weighted by atomic mass is 10.1. The number of aromatic amines is 1. The maximum atomic E-state index is 12.0. The number of nitrogens with one attached hydrogen (secondary N) is 2. The van der Waals surface area contributed by atoms with E-state index in [1.807, 2.05) is 13.8 Å². The standard InChI is InChI=1S/C14H23N3O2/c1-8-13(14(18)17-10(3)15-8)9(2)16-11-5-6-12(7-11)19-4/h9,11-12,16H,5-7H2,1-4H3,(H,15,17,18). The maximum Gasteiger partial charge on any atom is 0.255 e. The average Bonchev–Trinajstić information content (AvgIpc) is 2.75.